The summed E-state index contributed by atoms with van der Waals surface area (Å²) in [5, 5.41) is 3.61. The number of nitrogens with one attached hydrogen (secondary N) is 1. The lowest BCUT2D eigenvalue weighted by atomic mass is 10.0. The zero-order valence-corrected chi connectivity index (χ0v) is 13.5. The van der Waals surface area contributed by atoms with Crippen molar-refractivity contribution in [2.75, 3.05) is 33.2 Å². The summed E-state index contributed by atoms with van der Waals surface area (Å²) in [6.45, 7) is 18.5. The van der Waals surface area contributed by atoms with Crippen LogP contribution in [0.5, 0.6) is 0 Å². The average Bonchev–Trinajstić information content (AvgIpc) is 2.22. The Labute approximate surface area is 114 Å². The maximum atomic E-state index is 3.61. The highest BCUT2D eigenvalue weighted by Gasteiger charge is 2.27. The summed E-state index contributed by atoms with van der Waals surface area (Å²) in [5.41, 5.74) is 0.233. The predicted octanol–water partition coefficient (Wildman–Crippen LogP) is 2.03. The Morgan fingerprint density at radius 3 is 2.11 bits per heavy atom. The number of likely N-dealkylation sites (N-methyl/N-ethyl adjacent to an activating group) is 1. The van der Waals surface area contributed by atoms with Gasteiger partial charge in [0, 0.05) is 37.3 Å². The summed E-state index contributed by atoms with van der Waals surface area (Å²) in [5.74, 6) is 0.715. The second-order valence-electron chi connectivity index (χ2n) is 7.32. The maximum Gasteiger partial charge on any atom is 0.0195 e. The normalized spacial score (nSPS) is 29.5. The van der Waals surface area contributed by atoms with Crippen LogP contribution in [0.25, 0.3) is 0 Å². The topological polar surface area (TPSA) is 18.5 Å². The molecule has 3 heteroatoms. The summed E-state index contributed by atoms with van der Waals surface area (Å²) in [7, 11) is 2.25. The van der Waals surface area contributed by atoms with Crippen molar-refractivity contribution in [1.82, 2.24) is 15.1 Å². The molecule has 0 bridgehead atoms. The van der Waals surface area contributed by atoms with Crippen molar-refractivity contribution in [2.24, 2.45) is 5.92 Å². The van der Waals surface area contributed by atoms with Crippen LogP contribution in [0, 0.1) is 5.92 Å². The van der Waals surface area contributed by atoms with E-state index in [9.17, 15) is 0 Å². The molecule has 1 aliphatic rings. The van der Waals surface area contributed by atoms with Crippen molar-refractivity contribution in [3.05, 3.63) is 0 Å². The maximum absolute atomic E-state index is 3.61. The predicted molar refractivity (Wildman–Crippen MR) is 80.0 cm³/mol. The molecular weight excluding hydrogens is 222 g/mol. The fourth-order valence-corrected chi connectivity index (χ4v) is 2.65. The highest BCUT2D eigenvalue weighted by molar-refractivity contribution is 4.84. The van der Waals surface area contributed by atoms with Gasteiger partial charge in [-0.1, -0.05) is 6.92 Å². The molecule has 3 unspecified atom stereocenters. The number of hydrogen-bond acceptors (Lipinski definition) is 3. The Morgan fingerprint density at radius 1 is 1.17 bits per heavy atom. The van der Waals surface area contributed by atoms with Crippen molar-refractivity contribution in [1.29, 1.82) is 0 Å². The molecule has 0 saturated carbocycles. The van der Waals surface area contributed by atoms with E-state index in [1.54, 1.807) is 0 Å². The number of rotatable bonds is 4. The van der Waals surface area contributed by atoms with E-state index in [2.05, 4.69) is 63.7 Å². The first-order valence-corrected chi connectivity index (χ1v) is 7.38. The largest absolute Gasteiger partial charge is 0.312 e. The molecule has 1 rings (SSSR count). The number of piperazine rings is 1. The smallest absolute Gasteiger partial charge is 0.0195 e. The van der Waals surface area contributed by atoms with Crippen LogP contribution in [0.15, 0.2) is 0 Å². The van der Waals surface area contributed by atoms with E-state index in [1.807, 2.05) is 0 Å². The lowest BCUT2D eigenvalue weighted by Crippen LogP contribution is -2.56. The molecule has 1 aliphatic heterocycles. The van der Waals surface area contributed by atoms with Crippen LogP contribution in [0.2, 0.25) is 0 Å². The van der Waals surface area contributed by atoms with Gasteiger partial charge in [-0.25, -0.2) is 0 Å². The third kappa shape index (κ3) is 5.25. The first kappa shape index (κ1) is 15.9. The van der Waals surface area contributed by atoms with Gasteiger partial charge in [-0.15, -0.1) is 0 Å². The molecule has 108 valence electrons. The summed E-state index contributed by atoms with van der Waals surface area (Å²) < 4.78 is 0. The molecule has 0 aromatic carbocycles. The van der Waals surface area contributed by atoms with E-state index < -0.39 is 0 Å². The molecule has 3 nitrogen and oxygen atoms in total. The highest BCUT2D eigenvalue weighted by atomic mass is 15.3. The van der Waals surface area contributed by atoms with Gasteiger partial charge < -0.3 is 5.32 Å². The molecule has 1 heterocycles. The highest BCUT2D eigenvalue weighted by Crippen LogP contribution is 2.14. The van der Waals surface area contributed by atoms with E-state index in [-0.39, 0.29) is 5.54 Å². The van der Waals surface area contributed by atoms with Crippen molar-refractivity contribution >= 4 is 0 Å². The van der Waals surface area contributed by atoms with E-state index in [4.69, 9.17) is 0 Å². The van der Waals surface area contributed by atoms with Crippen LogP contribution in [0.3, 0.4) is 0 Å². The first-order chi connectivity index (χ1) is 8.19. The molecule has 1 saturated heterocycles. The average molecular weight is 255 g/mol. The number of hydrogen-bond donors (Lipinski definition) is 1. The molecule has 0 spiro atoms. The minimum absolute atomic E-state index is 0.233. The van der Waals surface area contributed by atoms with E-state index in [1.165, 1.54) is 19.6 Å². The second-order valence-corrected chi connectivity index (χ2v) is 7.32. The SMILES string of the molecule is CC(CNC(C)(C)C)CN1CC(C)N(C)C(C)C1. The minimum atomic E-state index is 0.233. The van der Waals surface area contributed by atoms with Gasteiger partial charge in [0.25, 0.3) is 0 Å². The van der Waals surface area contributed by atoms with Gasteiger partial charge in [0.2, 0.25) is 0 Å². The third-order valence-corrected chi connectivity index (χ3v) is 3.99. The molecule has 0 aromatic rings. The van der Waals surface area contributed by atoms with Gasteiger partial charge in [0.05, 0.1) is 0 Å². The molecule has 0 amide bonds. The molecule has 1 fully saturated rings. The van der Waals surface area contributed by atoms with E-state index >= 15 is 0 Å². The van der Waals surface area contributed by atoms with Crippen molar-refractivity contribution in [3.63, 3.8) is 0 Å². The minimum Gasteiger partial charge on any atom is -0.312 e. The van der Waals surface area contributed by atoms with E-state index in [0.717, 1.165) is 6.54 Å². The van der Waals surface area contributed by atoms with Crippen molar-refractivity contribution in [2.45, 2.75) is 59.2 Å². The molecule has 0 aromatic heterocycles. The zero-order valence-electron chi connectivity index (χ0n) is 13.5. The monoisotopic (exact) mass is 255 g/mol. The van der Waals surface area contributed by atoms with E-state index in [0.29, 0.717) is 18.0 Å². The van der Waals surface area contributed by atoms with Crippen molar-refractivity contribution < 1.29 is 0 Å². The Morgan fingerprint density at radius 2 is 1.67 bits per heavy atom. The van der Waals surface area contributed by atoms with Crippen LogP contribution < -0.4 is 5.32 Å². The summed E-state index contributed by atoms with van der Waals surface area (Å²) in [6, 6.07) is 1.35. The molecule has 18 heavy (non-hydrogen) atoms. The Kier molecular flexibility index (Phi) is 5.63. The molecule has 0 aliphatic carbocycles. The standard InChI is InChI=1S/C15H33N3/c1-12(8-16-15(4,5)6)9-18-10-13(2)17(7)14(3)11-18/h12-14,16H,8-11H2,1-7H3. The van der Waals surface area contributed by atoms with Gasteiger partial charge in [0.15, 0.2) is 0 Å². The summed E-state index contributed by atoms with van der Waals surface area (Å²) in [6.07, 6.45) is 0. The van der Waals surface area contributed by atoms with Crippen LogP contribution in [0.4, 0.5) is 0 Å². The summed E-state index contributed by atoms with van der Waals surface area (Å²) >= 11 is 0. The van der Waals surface area contributed by atoms with Gasteiger partial charge in [-0.05, 0) is 54.1 Å². The van der Waals surface area contributed by atoms with Crippen LogP contribution in [-0.4, -0.2) is 60.6 Å². The zero-order chi connectivity index (χ0) is 13.9. The van der Waals surface area contributed by atoms with Gasteiger partial charge >= 0.3 is 0 Å². The fourth-order valence-electron chi connectivity index (χ4n) is 2.65. The van der Waals surface area contributed by atoms with Gasteiger partial charge in [0.1, 0.15) is 0 Å². The quantitative estimate of drug-likeness (QED) is 0.829. The lowest BCUT2D eigenvalue weighted by molar-refractivity contribution is 0.0516. The molecule has 3 atom stereocenters. The lowest BCUT2D eigenvalue weighted by Gasteiger charge is -2.43. The molecular formula is C15H33N3. The fraction of sp³-hybridized carbons (Fsp3) is 1.00. The Balaban J connectivity index is 2.34. The van der Waals surface area contributed by atoms with Gasteiger partial charge in [-0.2, -0.15) is 0 Å². The Bertz CT molecular complexity index is 235. The van der Waals surface area contributed by atoms with Crippen molar-refractivity contribution in [3.8, 4) is 0 Å². The van der Waals surface area contributed by atoms with Crippen LogP contribution in [0.1, 0.15) is 41.5 Å². The second kappa shape index (κ2) is 6.36. The van der Waals surface area contributed by atoms with Gasteiger partial charge in [-0.3, -0.25) is 9.80 Å². The molecule has 1 N–H and O–H groups in total. The molecule has 0 radical (unpaired) electrons. The van der Waals surface area contributed by atoms with Crippen LogP contribution in [-0.2, 0) is 0 Å². The van der Waals surface area contributed by atoms with Crippen LogP contribution >= 0.6 is 0 Å². The first-order valence-electron chi connectivity index (χ1n) is 7.38. The summed E-state index contributed by atoms with van der Waals surface area (Å²) in [4.78, 5) is 5.12. The number of nitrogens with zero attached hydrogens (tertiary/aromatic N) is 2. The third-order valence-electron chi connectivity index (χ3n) is 3.99. The Hall–Kier alpha value is -0.120.